The third-order valence-corrected chi connectivity index (χ3v) is 3.19. The fourth-order valence-electron chi connectivity index (χ4n) is 2.02. The van der Waals surface area contributed by atoms with Crippen molar-refractivity contribution in [3.05, 3.63) is 23.8 Å². The number of benzene rings is 1. The second-order valence-corrected chi connectivity index (χ2v) is 4.78. The molecular formula is C14H17NO6. The van der Waals surface area contributed by atoms with Crippen LogP contribution in [0.5, 0.6) is 11.5 Å². The summed E-state index contributed by atoms with van der Waals surface area (Å²) in [6.45, 7) is 1.50. The number of hydrogen-bond donors (Lipinski definition) is 2. The van der Waals surface area contributed by atoms with Crippen molar-refractivity contribution in [1.29, 1.82) is 0 Å². The number of ether oxygens (including phenoxy) is 2. The number of rotatable bonds is 6. The minimum Gasteiger partial charge on any atom is -0.481 e. The summed E-state index contributed by atoms with van der Waals surface area (Å²) in [5.41, 5.74) is 0.366. The van der Waals surface area contributed by atoms with Gasteiger partial charge in [-0.05, 0) is 18.2 Å². The van der Waals surface area contributed by atoms with Crippen LogP contribution in [-0.2, 0) is 4.79 Å². The van der Waals surface area contributed by atoms with Gasteiger partial charge in [0.1, 0.15) is 0 Å². The molecule has 2 N–H and O–H groups in total. The third kappa shape index (κ3) is 3.43. The van der Waals surface area contributed by atoms with Gasteiger partial charge in [-0.25, -0.2) is 0 Å². The lowest BCUT2D eigenvalue weighted by Crippen LogP contribution is -2.38. The molecule has 7 nitrogen and oxygen atoms in total. The summed E-state index contributed by atoms with van der Waals surface area (Å²) in [6.07, 6.45) is 0. The quantitative estimate of drug-likeness (QED) is 0.796. The van der Waals surface area contributed by atoms with Crippen molar-refractivity contribution in [3.8, 4) is 11.5 Å². The summed E-state index contributed by atoms with van der Waals surface area (Å²) < 4.78 is 10.4. The van der Waals surface area contributed by atoms with Gasteiger partial charge in [-0.2, -0.15) is 0 Å². The van der Waals surface area contributed by atoms with E-state index in [1.807, 2.05) is 0 Å². The lowest BCUT2D eigenvalue weighted by Gasteiger charge is -2.23. The number of amides is 1. The van der Waals surface area contributed by atoms with Gasteiger partial charge in [0, 0.05) is 18.7 Å². The molecule has 21 heavy (non-hydrogen) atoms. The molecule has 1 heterocycles. The van der Waals surface area contributed by atoms with Crippen molar-refractivity contribution in [2.45, 2.75) is 6.92 Å². The van der Waals surface area contributed by atoms with Crippen LogP contribution in [0.1, 0.15) is 17.3 Å². The van der Waals surface area contributed by atoms with Gasteiger partial charge < -0.3 is 24.6 Å². The van der Waals surface area contributed by atoms with Crippen molar-refractivity contribution in [3.63, 3.8) is 0 Å². The molecule has 0 aliphatic carbocycles. The molecule has 0 fully saturated rings. The summed E-state index contributed by atoms with van der Waals surface area (Å²) in [5.74, 6) is -1.00. The van der Waals surface area contributed by atoms with Gasteiger partial charge in [0.15, 0.2) is 11.5 Å². The Balaban J connectivity index is 2.15. The first-order valence-corrected chi connectivity index (χ1v) is 6.55. The largest absolute Gasteiger partial charge is 0.481 e. The summed E-state index contributed by atoms with van der Waals surface area (Å²) in [7, 11) is 0. The maximum Gasteiger partial charge on any atom is 0.308 e. The Hall–Kier alpha value is -2.28. The molecular weight excluding hydrogens is 278 g/mol. The van der Waals surface area contributed by atoms with Gasteiger partial charge in [0.25, 0.3) is 5.91 Å². The van der Waals surface area contributed by atoms with Crippen molar-refractivity contribution in [1.82, 2.24) is 4.90 Å². The Morgan fingerprint density at radius 1 is 1.33 bits per heavy atom. The molecule has 1 aromatic rings. The van der Waals surface area contributed by atoms with E-state index in [9.17, 15) is 9.59 Å². The molecule has 1 atom stereocenters. The SMILES string of the molecule is CC(CN(CCO)C(=O)c1ccc2c(c1)OCO2)C(=O)O. The molecule has 0 bridgehead atoms. The Kier molecular flexibility index (Phi) is 4.64. The molecule has 0 aromatic heterocycles. The van der Waals surface area contributed by atoms with Crippen molar-refractivity contribution < 1.29 is 29.3 Å². The van der Waals surface area contributed by atoms with Gasteiger partial charge in [-0.3, -0.25) is 9.59 Å². The number of carbonyl (C=O) groups excluding carboxylic acids is 1. The first-order chi connectivity index (χ1) is 10.0. The van der Waals surface area contributed by atoms with Gasteiger partial charge in [-0.1, -0.05) is 6.92 Å². The summed E-state index contributed by atoms with van der Waals surface area (Å²) >= 11 is 0. The van der Waals surface area contributed by atoms with Gasteiger partial charge in [-0.15, -0.1) is 0 Å². The van der Waals surface area contributed by atoms with Crippen LogP contribution in [0.3, 0.4) is 0 Å². The highest BCUT2D eigenvalue weighted by molar-refractivity contribution is 5.95. The van der Waals surface area contributed by atoms with Crippen LogP contribution in [0.15, 0.2) is 18.2 Å². The van der Waals surface area contributed by atoms with Gasteiger partial charge in [0.2, 0.25) is 6.79 Å². The van der Waals surface area contributed by atoms with Crippen LogP contribution >= 0.6 is 0 Å². The number of fused-ring (bicyclic) bond motifs is 1. The van der Waals surface area contributed by atoms with Crippen LogP contribution in [0.2, 0.25) is 0 Å². The molecule has 1 unspecified atom stereocenters. The van der Waals surface area contributed by atoms with Crippen LogP contribution in [0.25, 0.3) is 0 Å². The molecule has 1 aromatic carbocycles. The molecule has 0 spiro atoms. The standard InChI is InChI=1S/C14H17NO6/c1-9(14(18)19)7-15(4-5-16)13(17)10-2-3-11-12(6-10)21-8-20-11/h2-3,6,9,16H,4-5,7-8H2,1H3,(H,18,19). The van der Waals surface area contributed by atoms with Gasteiger partial charge >= 0.3 is 5.97 Å². The zero-order valence-electron chi connectivity index (χ0n) is 11.6. The highest BCUT2D eigenvalue weighted by Crippen LogP contribution is 2.32. The average molecular weight is 295 g/mol. The molecule has 1 aliphatic rings. The predicted molar refractivity (Wildman–Crippen MR) is 72.4 cm³/mol. The molecule has 114 valence electrons. The maximum atomic E-state index is 12.4. The number of nitrogens with zero attached hydrogens (tertiary/aromatic N) is 1. The van der Waals surface area contributed by atoms with Crippen molar-refractivity contribution >= 4 is 11.9 Å². The molecule has 1 aliphatic heterocycles. The van der Waals surface area contributed by atoms with E-state index in [1.165, 1.54) is 11.8 Å². The van der Waals surface area contributed by atoms with E-state index in [-0.39, 0.29) is 32.4 Å². The van der Waals surface area contributed by atoms with Crippen molar-refractivity contribution in [2.24, 2.45) is 5.92 Å². The molecule has 2 rings (SSSR count). The monoisotopic (exact) mass is 295 g/mol. The number of aliphatic hydroxyl groups excluding tert-OH is 1. The Bertz CT molecular complexity index is 544. The van der Waals surface area contributed by atoms with Crippen LogP contribution in [-0.4, -0.2) is 53.5 Å². The van der Waals surface area contributed by atoms with Gasteiger partial charge in [0.05, 0.1) is 12.5 Å². The molecule has 7 heteroatoms. The lowest BCUT2D eigenvalue weighted by molar-refractivity contribution is -0.141. The second kappa shape index (κ2) is 6.45. The highest BCUT2D eigenvalue weighted by atomic mass is 16.7. The Morgan fingerprint density at radius 2 is 2.05 bits per heavy atom. The zero-order chi connectivity index (χ0) is 15.4. The number of carboxylic acid groups (broad SMARTS) is 1. The van der Waals surface area contributed by atoms with Crippen molar-refractivity contribution in [2.75, 3.05) is 26.5 Å². The van der Waals surface area contributed by atoms with Crippen LogP contribution < -0.4 is 9.47 Å². The van der Waals surface area contributed by atoms with E-state index in [0.717, 1.165) is 0 Å². The van der Waals surface area contributed by atoms with Crippen LogP contribution in [0, 0.1) is 5.92 Å². The van der Waals surface area contributed by atoms with E-state index in [4.69, 9.17) is 19.7 Å². The minimum atomic E-state index is -0.989. The Morgan fingerprint density at radius 3 is 2.71 bits per heavy atom. The van der Waals surface area contributed by atoms with Crippen LogP contribution in [0.4, 0.5) is 0 Å². The number of aliphatic carboxylic acids is 1. The van der Waals surface area contributed by atoms with E-state index in [1.54, 1.807) is 18.2 Å². The molecule has 0 saturated heterocycles. The first kappa shape index (κ1) is 15.1. The number of hydrogen-bond acceptors (Lipinski definition) is 5. The minimum absolute atomic E-state index is 0.0309. The summed E-state index contributed by atoms with van der Waals surface area (Å²) in [6, 6.07) is 4.78. The average Bonchev–Trinajstić information content (AvgIpc) is 2.93. The fraction of sp³-hybridized carbons (Fsp3) is 0.429. The summed E-state index contributed by atoms with van der Waals surface area (Å²) in [5, 5.41) is 18.0. The number of carbonyl (C=O) groups is 2. The number of aliphatic hydroxyl groups is 1. The van der Waals surface area contributed by atoms with E-state index in [2.05, 4.69) is 0 Å². The molecule has 1 amide bonds. The molecule has 0 saturated carbocycles. The maximum absolute atomic E-state index is 12.4. The molecule has 0 radical (unpaired) electrons. The third-order valence-electron chi connectivity index (χ3n) is 3.19. The highest BCUT2D eigenvalue weighted by Gasteiger charge is 2.23. The Labute approximate surface area is 121 Å². The fourth-order valence-corrected chi connectivity index (χ4v) is 2.02. The lowest BCUT2D eigenvalue weighted by atomic mass is 10.1. The normalized spacial score (nSPS) is 13.8. The van der Waals surface area contributed by atoms with E-state index < -0.39 is 11.9 Å². The first-order valence-electron chi connectivity index (χ1n) is 6.55. The smallest absolute Gasteiger partial charge is 0.308 e. The topological polar surface area (TPSA) is 96.3 Å². The number of carboxylic acids is 1. The second-order valence-electron chi connectivity index (χ2n) is 4.78. The summed E-state index contributed by atoms with van der Waals surface area (Å²) in [4.78, 5) is 24.6. The predicted octanol–water partition coefficient (Wildman–Crippen LogP) is 0.570. The van der Waals surface area contributed by atoms with E-state index in [0.29, 0.717) is 17.1 Å². The zero-order valence-corrected chi connectivity index (χ0v) is 11.6. The van der Waals surface area contributed by atoms with E-state index >= 15 is 0 Å².